The summed E-state index contributed by atoms with van der Waals surface area (Å²) in [6, 6.07) is 6.86. The molecule has 0 aliphatic rings. The number of aromatic hydroxyl groups is 1. The number of hydrogen-bond acceptors (Lipinski definition) is 3. The van der Waals surface area contributed by atoms with Crippen LogP contribution in [-0.4, -0.2) is 21.9 Å². The average Bonchev–Trinajstić information content (AvgIpc) is 2.15. The van der Waals surface area contributed by atoms with Crippen molar-refractivity contribution >= 4 is 17.5 Å². The van der Waals surface area contributed by atoms with E-state index in [1.165, 1.54) is 0 Å². The quantitative estimate of drug-likeness (QED) is 0.835. The molecule has 0 aliphatic carbocycles. The molecule has 0 saturated heterocycles. The Labute approximate surface area is 94.7 Å². The minimum Gasteiger partial charge on any atom is -0.508 e. The number of Topliss-reactive ketones (excluding diaryl/α,β-unsaturated/α-hetero) is 1. The monoisotopic (exact) mass is 224 g/mol. The van der Waals surface area contributed by atoms with E-state index in [1.807, 2.05) is 6.07 Å². The van der Waals surface area contributed by atoms with Crippen LogP contribution >= 0.6 is 11.8 Å². The Hall–Kier alpha value is -0.960. The fourth-order valence-corrected chi connectivity index (χ4v) is 1.83. The molecule has 0 aromatic heterocycles. The van der Waals surface area contributed by atoms with Gasteiger partial charge in [-0.1, -0.05) is 26.0 Å². The van der Waals surface area contributed by atoms with Crippen molar-refractivity contribution in [3.63, 3.8) is 0 Å². The van der Waals surface area contributed by atoms with Crippen LogP contribution < -0.4 is 0 Å². The smallest absolute Gasteiger partial charge is 0.147 e. The molecular weight excluding hydrogens is 208 g/mol. The average molecular weight is 224 g/mol. The number of benzene rings is 1. The molecule has 0 bridgehead atoms. The van der Waals surface area contributed by atoms with Gasteiger partial charge in [0, 0.05) is 6.42 Å². The first-order valence-electron chi connectivity index (χ1n) is 4.99. The van der Waals surface area contributed by atoms with E-state index in [1.54, 1.807) is 30.0 Å². The lowest BCUT2D eigenvalue weighted by molar-refractivity contribution is -0.116. The molecule has 15 heavy (non-hydrogen) atoms. The summed E-state index contributed by atoms with van der Waals surface area (Å²) in [4.78, 5) is 11.5. The molecule has 0 amide bonds. The number of phenols is 1. The molecule has 0 heterocycles. The van der Waals surface area contributed by atoms with Crippen LogP contribution in [0.1, 0.15) is 19.4 Å². The van der Waals surface area contributed by atoms with Crippen molar-refractivity contribution in [3.8, 4) is 5.75 Å². The summed E-state index contributed by atoms with van der Waals surface area (Å²) < 4.78 is 0. The maximum absolute atomic E-state index is 11.5. The van der Waals surface area contributed by atoms with E-state index >= 15 is 0 Å². The molecular formula is C12H16O2S. The van der Waals surface area contributed by atoms with Gasteiger partial charge in [0.2, 0.25) is 0 Å². The van der Waals surface area contributed by atoms with Crippen LogP contribution in [0.5, 0.6) is 5.75 Å². The maximum atomic E-state index is 11.5. The normalized spacial score (nSPS) is 10.6. The molecule has 0 radical (unpaired) electrons. The lowest BCUT2D eigenvalue weighted by atomic mass is 10.1. The fraction of sp³-hybridized carbons (Fsp3) is 0.417. The molecule has 0 fully saturated rings. The fourth-order valence-electron chi connectivity index (χ4n) is 1.20. The van der Waals surface area contributed by atoms with Gasteiger partial charge in [0.05, 0.1) is 5.75 Å². The van der Waals surface area contributed by atoms with Gasteiger partial charge >= 0.3 is 0 Å². The first-order valence-corrected chi connectivity index (χ1v) is 6.04. The predicted molar refractivity (Wildman–Crippen MR) is 64.4 cm³/mol. The zero-order valence-corrected chi connectivity index (χ0v) is 9.88. The zero-order chi connectivity index (χ0) is 11.3. The minimum atomic E-state index is 0.208. The van der Waals surface area contributed by atoms with Gasteiger partial charge in [0.1, 0.15) is 11.5 Å². The Bertz CT molecular complexity index is 334. The third-order valence-corrected chi connectivity index (χ3v) is 3.04. The first kappa shape index (κ1) is 12.1. The second-order valence-electron chi connectivity index (χ2n) is 3.75. The second kappa shape index (κ2) is 5.81. The highest BCUT2D eigenvalue weighted by Crippen LogP contribution is 2.14. The van der Waals surface area contributed by atoms with E-state index in [4.69, 9.17) is 0 Å². The summed E-state index contributed by atoms with van der Waals surface area (Å²) in [5, 5.41) is 9.71. The number of thioether (sulfide) groups is 1. The maximum Gasteiger partial charge on any atom is 0.147 e. The van der Waals surface area contributed by atoms with Crippen molar-refractivity contribution in [1.29, 1.82) is 0 Å². The molecule has 82 valence electrons. The molecule has 1 rings (SSSR count). The zero-order valence-electron chi connectivity index (χ0n) is 9.06. The summed E-state index contributed by atoms with van der Waals surface area (Å²) in [6.07, 6.45) is 0.411. The van der Waals surface area contributed by atoms with Crippen LogP contribution in [0, 0.1) is 0 Å². The Morgan fingerprint density at radius 1 is 1.47 bits per heavy atom. The standard InChI is InChI=1S/C12H16O2S/c1-9(2)15-8-12(14)7-10-4-3-5-11(13)6-10/h3-6,9,13H,7-8H2,1-2H3. The molecule has 0 saturated carbocycles. The van der Waals surface area contributed by atoms with E-state index in [0.29, 0.717) is 17.4 Å². The number of carbonyl (C=O) groups excluding carboxylic acids is 1. The molecule has 2 nitrogen and oxygen atoms in total. The third kappa shape index (κ3) is 4.88. The molecule has 0 aliphatic heterocycles. The number of phenolic OH excluding ortho intramolecular Hbond substituents is 1. The summed E-state index contributed by atoms with van der Waals surface area (Å²) >= 11 is 1.65. The summed E-state index contributed by atoms with van der Waals surface area (Å²) in [5.74, 6) is 0.976. The van der Waals surface area contributed by atoms with Gasteiger partial charge in [0.25, 0.3) is 0 Å². The van der Waals surface area contributed by atoms with Crippen LogP contribution in [0.3, 0.4) is 0 Å². The first-order chi connectivity index (χ1) is 7.08. The number of rotatable bonds is 5. The highest BCUT2D eigenvalue weighted by atomic mass is 32.2. The lowest BCUT2D eigenvalue weighted by Gasteiger charge is -2.04. The van der Waals surface area contributed by atoms with Gasteiger partial charge in [-0.05, 0) is 22.9 Å². The van der Waals surface area contributed by atoms with Crippen LogP contribution in [0.25, 0.3) is 0 Å². The van der Waals surface area contributed by atoms with E-state index in [-0.39, 0.29) is 11.5 Å². The Balaban J connectivity index is 2.44. The van der Waals surface area contributed by atoms with Crippen LogP contribution in [0.15, 0.2) is 24.3 Å². The molecule has 3 heteroatoms. The van der Waals surface area contributed by atoms with Gasteiger partial charge in [-0.2, -0.15) is 11.8 Å². The van der Waals surface area contributed by atoms with Gasteiger partial charge in [-0.3, -0.25) is 4.79 Å². The highest BCUT2D eigenvalue weighted by molar-refractivity contribution is 8.00. The predicted octanol–water partition coefficient (Wildman–Crippen LogP) is 2.65. The SMILES string of the molecule is CC(C)SCC(=O)Cc1cccc(O)c1. The van der Waals surface area contributed by atoms with E-state index < -0.39 is 0 Å². The van der Waals surface area contributed by atoms with Crippen LogP contribution in [-0.2, 0) is 11.2 Å². The van der Waals surface area contributed by atoms with Crippen molar-refractivity contribution in [2.45, 2.75) is 25.5 Å². The second-order valence-corrected chi connectivity index (χ2v) is 5.31. The van der Waals surface area contributed by atoms with Crippen LogP contribution in [0.2, 0.25) is 0 Å². The highest BCUT2D eigenvalue weighted by Gasteiger charge is 2.05. The molecule has 1 aromatic carbocycles. The molecule has 1 N–H and O–H groups in total. The van der Waals surface area contributed by atoms with Crippen molar-refractivity contribution in [3.05, 3.63) is 29.8 Å². The van der Waals surface area contributed by atoms with Gasteiger partial charge < -0.3 is 5.11 Å². The Morgan fingerprint density at radius 2 is 2.20 bits per heavy atom. The van der Waals surface area contributed by atoms with Crippen molar-refractivity contribution in [1.82, 2.24) is 0 Å². The van der Waals surface area contributed by atoms with Crippen molar-refractivity contribution in [2.75, 3.05) is 5.75 Å². The van der Waals surface area contributed by atoms with Gasteiger partial charge in [-0.25, -0.2) is 0 Å². The van der Waals surface area contributed by atoms with Crippen molar-refractivity contribution in [2.24, 2.45) is 0 Å². The Kier molecular flexibility index (Phi) is 4.69. The summed E-state index contributed by atoms with van der Waals surface area (Å²) in [6.45, 7) is 4.15. The summed E-state index contributed by atoms with van der Waals surface area (Å²) in [7, 11) is 0. The Morgan fingerprint density at radius 3 is 2.80 bits per heavy atom. The topological polar surface area (TPSA) is 37.3 Å². The number of hydrogen-bond donors (Lipinski definition) is 1. The van der Waals surface area contributed by atoms with E-state index in [9.17, 15) is 9.90 Å². The van der Waals surface area contributed by atoms with E-state index in [0.717, 1.165) is 5.56 Å². The lowest BCUT2D eigenvalue weighted by Crippen LogP contribution is -2.07. The molecule has 0 spiro atoms. The molecule has 0 atom stereocenters. The third-order valence-electron chi connectivity index (χ3n) is 1.89. The van der Waals surface area contributed by atoms with Gasteiger partial charge in [-0.15, -0.1) is 0 Å². The molecule has 1 aromatic rings. The number of carbonyl (C=O) groups is 1. The molecule has 0 unspecified atom stereocenters. The largest absolute Gasteiger partial charge is 0.508 e. The number of ketones is 1. The minimum absolute atomic E-state index is 0.208. The van der Waals surface area contributed by atoms with Gasteiger partial charge in [0.15, 0.2) is 0 Å². The van der Waals surface area contributed by atoms with Crippen molar-refractivity contribution < 1.29 is 9.90 Å². The summed E-state index contributed by atoms with van der Waals surface area (Å²) in [5.41, 5.74) is 0.879. The van der Waals surface area contributed by atoms with E-state index in [2.05, 4.69) is 13.8 Å². The van der Waals surface area contributed by atoms with Crippen LogP contribution in [0.4, 0.5) is 0 Å².